The van der Waals surface area contributed by atoms with E-state index in [1.165, 1.54) is 24.1 Å². The van der Waals surface area contributed by atoms with Gasteiger partial charge in [0.25, 0.3) is 16.8 Å². The number of hydrogen-bond acceptors (Lipinski definition) is 7. The molecule has 39 heavy (non-hydrogen) atoms. The van der Waals surface area contributed by atoms with E-state index < -0.39 is 4.92 Å². The molecule has 4 aromatic rings. The Morgan fingerprint density at radius 3 is 2.59 bits per heavy atom. The van der Waals surface area contributed by atoms with Crippen LogP contribution in [0.2, 0.25) is 0 Å². The minimum atomic E-state index is -0.452. The molecule has 0 spiro atoms. The van der Waals surface area contributed by atoms with Crippen molar-refractivity contribution in [1.29, 1.82) is 0 Å². The second-order valence-electron chi connectivity index (χ2n) is 8.66. The summed E-state index contributed by atoms with van der Waals surface area (Å²) in [6, 6.07) is 23.5. The molecule has 0 N–H and O–H groups in total. The number of nitro groups is 1. The summed E-state index contributed by atoms with van der Waals surface area (Å²) in [5, 5.41) is 12.8. The number of carbonyl (C=O) groups is 2. The van der Waals surface area contributed by atoms with Crippen molar-refractivity contribution in [3.8, 4) is 11.5 Å². The molecule has 0 radical (unpaired) electrons. The number of ether oxygens (including phenoxy) is 2. The molecule has 0 aromatic heterocycles. The SMILES string of the molecule is COc1cc(/C=C2/SC(=O)N(Cc3cccc4ccccc34)C2=O)cc(I)c1OCc1cccc([N+](=O)[O-])c1. The lowest BCUT2D eigenvalue weighted by atomic mass is 10.0. The number of imide groups is 1. The van der Waals surface area contributed by atoms with E-state index >= 15 is 0 Å². The fraction of sp³-hybridized carbons (Fsp3) is 0.103. The summed E-state index contributed by atoms with van der Waals surface area (Å²) in [7, 11) is 1.51. The molecule has 1 aliphatic heterocycles. The Morgan fingerprint density at radius 1 is 1.03 bits per heavy atom. The predicted octanol–water partition coefficient (Wildman–Crippen LogP) is 7.18. The lowest BCUT2D eigenvalue weighted by Gasteiger charge is -2.15. The maximum atomic E-state index is 13.2. The Balaban J connectivity index is 1.36. The molecule has 4 aromatic carbocycles. The van der Waals surface area contributed by atoms with E-state index in [1.54, 1.807) is 24.3 Å². The minimum Gasteiger partial charge on any atom is -0.493 e. The molecule has 0 bridgehead atoms. The molecule has 0 saturated carbocycles. The van der Waals surface area contributed by atoms with E-state index in [9.17, 15) is 19.7 Å². The number of hydrogen-bond donors (Lipinski definition) is 0. The number of non-ortho nitro benzene ring substituents is 1. The average molecular weight is 652 g/mol. The second-order valence-corrected chi connectivity index (χ2v) is 10.8. The van der Waals surface area contributed by atoms with Crippen LogP contribution in [0.3, 0.4) is 0 Å². The molecule has 1 fully saturated rings. The Bertz CT molecular complexity index is 1650. The standard InChI is InChI=1S/C29H21IN2O6S/c1-37-25-14-19(13-24(30)27(25)38-17-18-6-4-10-22(12-18)32(35)36)15-26-28(33)31(29(34)39-26)16-21-9-5-8-20-7-2-3-11-23(20)21/h2-15H,16-17H2,1H3/b26-15+. The summed E-state index contributed by atoms with van der Waals surface area (Å²) < 4.78 is 12.2. The lowest BCUT2D eigenvalue weighted by Crippen LogP contribution is -2.27. The van der Waals surface area contributed by atoms with Crippen LogP contribution in [-0.2, 0) is 17.9 Å². The Hall–Kier alpha value is -3.90. The number of methoxy groups -OCH3 is 1. The normalized spacial score (nSPS) is 14.3. The topological polar surface area (TPSA) is 99.0 Å². The van der Waals surface area contributed by atoms with E-state index in [0.717, 1.165) is 31.7 Å². The number of rotatable bonds is 8. The zero-order valence-corrected chi connectivity index (χ0v) is 23.6. The fourth-order valence-electron chi connectivity index (χ4n) is 4.27. The van der Waals surface area contributed by atoms with Gasteiger partial charge < -0.3 is 9.47 Å². The highest BCUT2D eigenvalue weighted by molar-refractivity contribution is 14.1. The van der Waals surface area contributed by atoms with Crippen molar-refractivity contribution in [2.75, 3.05) is 7.11 Å². The van der Waals surface area contributed by atoms with Gasteiger partial charge in [-0.25, -0.2) is 0 Å². The van der Waals surface area contributed by atoms with Gasteiger partial charge in [-0.1, -0.05) is 54.6 Å². The van der Waals surface area contributed by atoms with Crippen LogP contribution in [0.15, 0.2) is 83.8 Å². The Labute approximate surface area is 241 Å². The number of fused-ring (bicyclic) bond motifs is 1. The van der Waals surface area contributed by atoms with Gasteiger partial charge in [-0.15, -0.1) is 0 Å². The summed E-state index contributed by atoms with van der Waals surface area (Å²) in [5.74, 6) is 0.567. The monoisotopic (exact) mass is 652 g/mol. The van der Waals surface area contributed by atoms with Crippen molar-refractivity contribution in [2.24, 2.45) is 0 Å². The summed E-state index contributed by atoms with van der Waals surface area (Å²) in [5.41, 5.74) is 2.21. The van der Waals surface area contributed by atoms with E-state index in [0.29, 0.717) is 27.5 Å². The summed E-state index contributed by atoms with van der Waals surface area (Å²) >= 11 is 3.01. The van der Waals surface area contributed by atoms with E-state index in [-0.39, 0.29) is 30.0 Å². The second kappa shape index (κ2) is 11.5. The van der Waals surface area contributed by atoms with Crippen molar-refractivity contribution in [3.05, 3.63) is 114 Å². The lowest BCUT2D eigenvalue weighted by molar-refractivity contribution is -0.384. The van der Waals surface area contributed by atoms with Crippen molar-refractivity contribution in [1.82, 2.24) is 4.90 Å². The maximum Gasteiger partial charge on any atom is 0.293 e. The number of halogens is 1. The first-order valence-electron chi connectivity index (χ1n) is 11.8. The molecule has 1 heterocycles. The van der Waals surface area contributed by atoms with Gasteiger partial charge in [0.05, 0.1) is 27.1 Å². The predicted molar refractivity (Wildman–Crippen MR) is 159 cm³/mol. The zero-order chi connectivity index (χ0) is 27.5. The number of nitro benzene ring substituents is 1. The van der Waals surface area contributed by atoms with Gasteiger partial charge in [0.1, 0.15) is 6.61 Å². The molecule has 0 aliphatic carbocycles. The highest BCUT2D eigenvalue weighted by Gasteiger charge is 2.35. The molecular formula is C29H21IN2O6S. The highest BCUT2D eigenvalue weighted by Crippen LogP contribution is 2.38. The molecule has 8 nitrogen and oxygen atoms in total. The quantitative estimate of drug-likeness (QED) is 0.0861. The van der Waals surface area contributed by atoms with E-state index in [2.05, 4.69) is 22.6 Å². The Morgan fingerprint density at radius 2 is 1.79 bits per heavy atom. The molecule has 1 saturated heterocycles. The van der Waals surface area contributed by atoms with Crippen LogP contribution in [0.4, 0.5) is 10.5 Å². The van der Waals surface area contributed by atoms with Crippen molar-refractivity contribution < 1.29 is 24.0 Å². The van der Waals surface area contributed by atoms with Gasteiger partial charge in [-0.2, -0.15) is 0 Å². The number of benzene rings is 4. The van der Waals surface area contributed by atoms with Gasteiger partial charge in [0, 0.05) is 12.1 Å². The van der Waals surface area contributed by atoms with Gasteiger partial charge in [-0.05, 0) is 80.0 Å². The molecule has 10 heteroatoms. The van der Waals surface area contributed by atoms with Gasteiger partial charge in [0.2, 0.25) is 0 Å². The van der Waals surface area contributed by atoms with E-state index in [1.807, 2.05) is 48.5 Å². The third kappa shape index (κ3) is 5.76. The molecule has 1 aliphatic rings. The summed E-state index contributed by atoms with van der Waals surface area (Å²) in [6.45, 7) is 0.301. The summed E-state index contributed by atoms with van der Waals surface area (Å²) in [4.78, 5) is 38.2. The van der Waals surface area contributed by atoms with Crippen LogP contribution in [-0.4, -0.2) is 28.1 Å². The van der Waals surface area contributed by atoms with Crippen LogP contribution >= 0.6 is 34.4 Å². The van der Waals surface area contributed by atoms with Crippen LogP contribution < -0.4 is 9.47 Å². The van der Waals surface area contributed by atoms with E-state index in [4.69, 9.17) is 9.47 Å². The minimum absolute atomic E-state index is 0.0116. The third-order valence-electron chi connectivity index (χ3n) is 6.14. The smallest absolute Gasteiger partial charge is 0.293 e. The number of thioether (sulfide) groups is 1. The molecule has 0 unspecified atom stereocenters. The van der Waals surface area contributed by atoms with Gasteiger partial charge in [0.15, 0.2) is 11.5 Å². The number of amides is 2. The first kappa shape index (κ1) is 26.7. The van der Waals surface area contributed by atoms with Gasteiger partial charge in [-0.3, -0.25) is 24.6 Å². The van der Waals surface area contributed by atoms with Crippen molar-refractivity contribution in [2.45, 2.75) is 13.2 Å². The van der Waals surface area contributed by atoms with Crippen LogP contribution in [0.5, 0.6) is 11.5 Å². The first-order chi connectivity index (χ1) is 18.8. The van der Waals surface area contributed by atoms with Crippen LogP contribution in [0.25, 0.3) is 16.8 Å². The third-order valence-corrected chi connectivity index (χ3v) is 7.84. The average Bonchev–Trinajstić information content (AvgIpc) is 3.19. The molecule has 5 rings (SSSR count). The van der Waals surface area contributed by atoms with Gasteiger partial charge >= 0.3 is 0 Å². The van der Waals surface area contributed by atoms with Crippen molar-refractivity contribution in [3.63, 3.8) is 0 Å². The Kier molecular flexibility index (Phi) is 7.84. The fourth-order valence-corrected chi connectivity index (χ4v) is 5.89. The number of nitrogens with zero attached hydrogens (tertiary/aromatic N) is 2. The molecular weight excluding hydrogens is 631 g/mol. The van der Waals surface area contributed by atoms with Crippen LogP contribution in [0, 0.1) is 13.7 Å². The first-order valence-corrected chi connectivity index (χ1v) is 13.7. The van der Waals surface area contributed by atoms with Crippen molar-refractivity contribution >= 4 is 68.0 Å². The molecule has 2 amide bonds. The maximum absolute atomic E-state index is 13.2. The summed E-state index contributed by atoms with van der Waals surface area (Å²) in [6.07, 6.45) is 1.67. The van der Waals surface area contributed by atoms with Crippen LogP contribution in [0.1, 0.15) is 16.7 Å². The largest absolute Gasteiger partial charge is 0.493 e. The number of carbonyl (C=O) groups excluding carboxylic acids is 2. The molecule has 0 atom stereocenters. The zero-order valence-electron chi connectivity index (χ0n) is 20.6. The highest BCUT2D eigenvalue weighted by atomic mass is 127. The molecule has 196 valence electrons.